The molecule has 0 saturated heterocycles. The highest BCUT2D eigenvalue weighted by molar-refractivity contribution is 6.09. The van der Waals surface area contributed by atoms with Crippen molar-refractivity contribution in [2.75, 3.05) is 6.61 Å². The highest BCUT2D eigenvalue weighted by atomic mass is 16.5. The smallest absolute Gasteiger partial charge is 0.315 e. The Kier molecular flexibility index (Phi) is 5.88. The maximum Gasteiger partial charge on any atom is 0.315 e. The summed E-state index contributed by atoms with van der Waals surface area (Å²) in [6.07, 6.45) is 5.30. The summed E-state index contributed by atoms with van der Waals surface area (Å²) in [5, 5.41) is 0. The van der Waals surface area contributed by atoms with Crippen LogP contribution in [0.5, 0.6) is 0 Å². The van der Waals surface area contributed by atoms with Gasteiger partial charge in [0.15, 0.2) is 5.78 Å². The molecule has 1 aliphatic carbocycles. The lowest BCUT2D eigenvalue weighted by molar-refractivity contribution is -0.146. The number of pyridine rings is 1. The second-order valence-electron chi connectivity index (χ2n) is 7.96. The molecule has 2 aliphatic rings. The van der Waals surface area contributed by atoms with Gasteiger partial charge in [-0.2, -0.15) is 0 Å². The van der Waals surface area contributed by atoms with Crippen LogP contribution in [0.1, 0.15) is 56.1 Å². The van der Waals surface area contributed by atoms with Crippen molar-refractivity contribution in [1.82, 2.24) is 4.98 Å². The van der Waals surface area contributed by atoms with Gasteiger partial charge in [-0.15, -0.1) is 0 Å². The molecule has 5 nitrogen and oxygen atoms in total. The highest BCUT2D eigenvalue weighted by Gasteiger charge is 2.44. The Hall–Kier alpha value is -3.08. The number of hydrogen-bond donors (Lipinski definition) is 0. The van der Waals surface area contributed by atoms with Crippen molar-refractivity contribution in [2.45, 2.75) is 44.9 Å². The molecule has 3 atom stereocenters. The molecule has 1 aromatic heterocycles. The lowest BCUT2D eigenvalue weighted by Gasteiger charge is -2.36. The molecule has 0 amide bonds. The standard InChI is InChI=1S/C25H26N2O3/c1-3-12-30-25(29)22-16(2)27-20-13-19(17-8-5-4-6-9-17)14-21(28)24(20)23(22)18-10-7-11-26-15-18/h4-11,15,19,22-23H,3,12-14H2,1-2H3. The van der Waals surface area contributed by atoms with Crippen LogP contribution < -0.4 is 0 Å². The number of ketones is 1. The zero-order valence-electron chi connectivity index (χ0n) is 17.4. The zero-order valence-corrected chi connectivity index (χ0v) is 17.4. The van der Waals surface area contributed by atoms with Gasteiger partial charge in [-0.05, 0) is 42.9 Å². The number of Topliss-reactive ketones (excluding diaryl/α,β-unsaturated/α-hetero) is 1. The van der Waals surface area contributed by atoms with Gasteiger partial charge >= 0.3 is 5.97 Å². The number of allylic oxidation sites excluding steroid dienone is 2. The van der Waals surface area contributed by atoms with E-state index >= 15 is 0 Å². The Labute approximate surface area is 176 Å². The fraction of sp³-hybridized carbons (Fsp3) is 0.360. The van der Waals surface area contributed by atoms with Crippen LogP contribution in [-0.4, -0.2) is 29.1 Å². The summed E-state index contributed by atoms with van der Waals surface area (Å²) in [4.78, 5) is 35.4. The second-order valence-corrected chi connectivity index (χ2v) is 7.96. The van der Waals surface area contributed by atoms with E-state index in [9.17, 15) is 9.59 Å². The Morgan fingerprint density at radius 1 is 1.10 bits per heavy atom. The summed E-state index contributed by atoms with van der Waals surface area (Å²) in [5.74, 6) is -1.16. The van der Waals surface area contributed by atoms with Gasteiger partial charge in [-0.1, -0.05) is 43.3 Å². The van der Waals surface area contributed by atoms with Gasteiger partial charge in [0.2, 0.25) is 0 Å². The van der Waals surface area contributed by atoms with Crippen molar-refractivity contribution in [3.8, 4) is 0 Å². The van der Waals surface area contributed by atoms with Crippen LogP contribution in [0.4, 0.5) is 0 Å². The van der Waals surface area contributed by atoms with E-state index in [1.165, 1.54) is 0 Å². The number of carbonyl (C=O) groups excluding carboxylic acids is 2. The third-order valence-electron chi connectivity index (χ3n) is 5.91. The molecular formula is C25H26N2O3. The van der Waals surface area contributed by atoms with E-state index in [2.05, 4.69) is 17.1 Å². The number of carbonyl (C=O) groups is 2. The van der Waals surface area contributed by atoms with Gasteiger partial charge in [-0.25, -0.2) is 0 Å². The Bertz CT molecular complexity index is 996. The number of aliphatic imine (C=N–C) groups is 1. The number of rotatable bonds is 5. The molecule has 3 unspecified atom stereocenters. The molecule has 4 rings (SSSR count). The quantitative estimate of drug-likeness (QED) is 0.685. The van der Waals surface area contributed by atoms with Crippen LogP contribution in [0.2, 0.25) is 0 Å². The minimum absolute atomic E-state index is 0.0588. The van der Waals surface area contributed by atoms with E-state index in [0.717, 1.165) is 23.2 Å². The Morgan fingerprint density at radius 3 is 2.57 bits per heavy atom. The number of ether oxygens (including phenoxy) is 1. The average molecular weight is 402 g/mol. The van der Waals surface area contributed by atoms with E-state index in [4.69, 9.17) is 9.73 Å². The first-order valence-electron chi connectivity index (χ1n) is 10.5. The molecule has 2 aromatic rings. The average Bonchev–Trinajstić information content (AvgIpc) is 2.77. The monoisotopic (exact) mass is 402 g/mol. The first-order chi connectivity index (χ1) is 14.6. The molecular weight excluding hydrogens is 376 g/mol. The van der Waals surface area contributed by atoms with Crippen LogP contribution in [0.15, 0.2) is 71.1 Å². The van der Waals surface area contributed by atoms with Crippen LogP contribution in [0.3, 0.4) is 0 Å². The minimum atomic E-state index is -0.600. The Balaban J connectivity index is 1.76. The molecule has 30 heavy (non-hydrogen) atoms. The third-order valence-corrected chi connectivity index (χ3v) is 5.91. The number of aromatic nitrogens is 1. The molecule has 0 bridgehead atoms. The number of esters is 1. The van der Waals surface area contributed by atoms with Crippen LogP contribution >= 0.6 is 0 Å². The molecule has 5 heteroatoms. The fourth-order valence-electron chi connectivity index (χ4n) is 4.54. The first-order valence-corrected chi connectivity index (χ1v) is 10.5. The topological polar surface area (TPSA) is 68.6 Å². The predicted octanol–water partition coefficient (Wildman–Crippen LogP) is 4.61. The minimum Gasteiger partial charge on any atom is -0.465 e. The molecule has 1 aromatic carbocycles. The maximum absolute atomic E-state index is 13.4. The van der Waals surface area contributed by atoms with E-state index in [0.29, 0.717) is 30.7 Å². The Morgan fingerprint density at radius 2 is 1.87 bits per heavy atom. The van der Waals surface area contributed by atoms with Gasteiger partial charge in [0.25, 0.3) is 0 Å². The summed E-state index contributed by atoms with van der Waals surface area (Å²) in [7, 11) is 0. The van der Waals surface area contributed by atoms with E-state index in [1.54, 1.807) is 12.4 Å². The van der Waals surface area contributed by atoms with Crippen LogP contribution in [-0.2, 0) is 14.3 Å². The molecule has 0 fully saturated rings. The van der Waals surface area contributed by atoms with Gasteiger partial charge in [0.1, 0.15) is 5.92 Å². The van der Waals surface area contributed by atoms with E-state index < -0.39 is 11.8 Å². The van der Waals surface area contributed by atoms with E-state index in [-0.39, 0.29) is 17.7 Å². The lowest BCUT2D eigenvalue weighted by atomic mass is 9.69. The van der Waals surface area contributed by atoms with Gasteiger partial charge < -0.3 is 4.74 Å². The second kappa shape index (κ2) is 8.74. The molecule has 0 radical (unpaired) electrons. The lowest BCUT2D eigenvalue weighted by Crippen LogP contribution is -2.38. The van der Waals surface area contributed by atoms with E-state index in [1.807, 2.05) is 44.2 Å². The molecule has 0 N–H and O–H groups in total. The van der Waals surface area contributed by atoms with Crippen molar-refractivity contribution >= 4 is 17.5 Å². The molecule has 1 aliphatic heterocycles. The predicted molar refractivity (Wildman–Crippen MR) is 115 cm³/mol. The van der Waals surface area contributed by atoms with Gasteiger partial charge in [0.05, 0.1) is 6.61 Å². The van der Waals surface area contributed by atoms with Crippen LogP contribution in [0, 0.1) is 5.92 Å². The summed E-state index contributed by atoms with van der Waals surface area (Å²) in [6, 6.07) is 13.9. The first kappa shape index (κ1) is 20.2. The summed E-state index contributed by atoms with van der Waals surface area (Å²) < 4.78 is 5.48. The van der Waals surface area contributed by atoms with Crippen LogP contribution in [0.25, 0.3) is 0 Å². The fourth-order valence-corrected chi connectivity index (χ4v) is 4.54. The molecule has 2 heterocycles. The van der Waals surface area contributed by atoms with Crippen molar-refractivity contribution in [3.05, 3.63) is 77.3 Å². The molecule has 0 saturated carbocycles. The van der Waals surface area contributed by atoms with Crippen molar-refractivity contribution in [2.24, 2.45) is 10.9 Å². The molecule has 0 spiro atoms. The normalized spacial score (nSPS) is 23.6. The summed E-state index contributed by atoms with van der Waals surface area (Å²) in [6.45, 7) is 4.18. The third kappa shape index (κ3) is 3.84. The number of nitrogens with zero attached hydrogens (tertiary/aromatic N) is 2. The largest absolute Gasteiger partial charge is 0.465 e. The SMILES string of the molecule is CCCOC(=O)C1C(C)=NC2=C(C(=O)CC(c3ccccc3)C2)C1c1cccnc1. The van der Waals surface area contributed by atoms with Gasteiger partial charge in [0, 0.05) is 41.7 Å². The zero-order chi connectivity index (χ0) is 21.1. The number of hydrogen-bond acceptors (Lipinski definition) is 5. The van der Waals surface area contributed by atoms with Crippen molar-refractivity contribution < 1.29 is 14.3 Å². The molecule has 154 valence electrons. The number of benzene rings is 1. The summed E-state index contributed by atoms with van der Waals surface area (Å²) in [5.41, 5.74) is 4.15. The summed E-state index contributed by atoms with van der Waals surface area (Å²) >= 11 is 0. The van der Waals surface area contributed by atoms with Crippen molar-refractivity contribution in [3.63, 3.8) is 0 Å². The van der Waals surface area contributed by atoms with Crippen molar-refractivity contribution in [1.29, 1.82) is 0 Å². The maximum atomic E-state index is 13.4. The highest BCUT2D eigenvalue weighted by Crippen LogP contribution is 2.46. The van der Waals surface area contributed by atoms with Gasteiger partial charge in [-0.3, -0.25) is 19.6 Å².